The van der Waals surface area contributed by atoms with E-state index in [4.69, 9.17) is 14.9 Å². The summed E-state index contributed by atoms with van der Waals surface area (Å²) in [6, 6.07) is 17.2. The van der Waals surface area contributed by atoms with Crippen molar-refractivity contribution in [3.8, 4) is 16.9 Å². The number of nitrogens with two attached hydrogens (primary N) is 1. The Morgan fingerprint density at radius 2 is 1.97 bits per heavy atom. The summed E-state index contributed by atoms with van der Waals surface area (Å²) in [6.07, 6.45) is 1.38. The van der Waals surface area contributed by atoms with E-state index in [9.17, 15) is 19.1 Å². The maximum Gasteiger partial charge on any atom is 0.307 e. The van der Waals surface area contributed by atoms with Gasteiger partial charge in [-0.05, 0) is 47.0 Å². The summed E-state index contributed by atoms with van der Waals surface area (Å²) in [6.45, 7) is 0.875. The zero-order valence-corrected chi connectivity index (χ0v) is 19.1. The van der Waals surface area contributed by atoms with Crippen LogP contribution in [0.1, 0.15) is 29.7 Å². The number of amides is 1. The molecular weight excluding hydrogens is 451 g/mol. The number of benzene rings is 3. The summed E-state index contributed by atoms with van der Waals surface area (Å²) in [7, 11) is 0. The normalized spacial score (nSPS) is 11.9. The molecule has 0 spiro atoms. The topological polar surface area (TPSA) is 115 Å². The van der Waals surface area contributed by atoms with Crippen molar-refractivity contribution in [2.45, 2.75) is 26.0 Å². The molecule has 0 bridgehead atoms. The third-order valence-electron chi connectivity index (χ3n) is 5.53. The fourth-order valence-corrected chi connectivity index (χ4v) is 3.91. The van der Waals surface area contributed by atoms with Gasteiger partial charge in [-0.3, -0.25) is 9.59 Å². The van der Waals surface area contributed by atoms with Crippen molar-refractivity contribution < 1.29 is 28.2 Å². The van der Waals surface area contributed by atoms with E-state index >= 15 is 0 Å². The van der Waals surface area contributed by atoms with Crippen LogP contribution in [0.5, 0.6) is 5.75 Å². The van der Waals surface area contributed by atoms with Crippen LogP contribution in [-0.4, -0.2) is 23.7 Å². The van der Waals surface area contributed by atoms with Gasteiger partial charge < -0.3 is 25.3 Å². The maximum atomic E-state index is 13.1. The van der Waals surface area contributed by atoms with Gasteiger partial charge in [0.05, 0.1) is 18.7 Å². The molecule has 0 saturated heterocycles. The second kappa shape index (κ2) is 10.4. The molecule has 0 fully saturated rings. The average Bonchev–Trinajstić information content (AvgIpc) is 3.31. The molecule has 4 rings (SSSR count). The minimum absolute atomic E-state index is 0.147. The predicted molar refractivity (Wildman–Crippen MR) is 131 cm³/mol. The molecule has 1 unspecified atom stereocenters. The van der Waals surface area contributed by atoms with E-state index in [2.05, 4.69) is 5.32 Å². The van der Waals surface area contributed by atoms with E-state index < -0.39 is 18.7 Å². The van der Waals surface area contributed by atoms with Crippen molar-refractivity contribution in [2.75, 3.05) is 12.0 Å². The summed E-state index contributed by atoms with van der Waals surface area (Å²) in [4.78, 5) is 22.7. The van der Waals surface area contributed by atoms with E-state index in [1.165, 1.54) is 6.92 Å². The van der Waals surface area contributed by atoms with E-state index in [0.717, 1.165) is 22.1 Å². The Hall–Kier alpha value is -4.17. The van der Waals surface area contributed by atoms with Crippen LogP contribution in [0.15, 0.2) is 71.3 Å². The number of nitrogens with one attached hydrogen (secondary N) is 1. The van der Waals surface area contributed by atoms with Crippen LogP contribution in [0, 0.1) is 0 Å². The van der Waals surface area contributed by atoms with Crippen molar-refractivity contribution in [3.05, 3.63) is 83.6 Å². The van der Waals surface area contributed by atoms with Crippen molar-refractivity contribution in [3.63, 3.8) is 0 Å². The van der Waals surface area contributed by atoms with Gasteiger partial charge in [0.2, 0.25) is 5.91 Å². The Morgan fingerprint density at radius 3 is 2.71 bits per heavy atom. The molecule has 35 heavy (non-hydrogen) atoms. The monoisotopic (exact) mass is 476 g/mol. The van der Waals surface area contributed by atoms with Crippen LogP contribution < -0.4 is 15.8 Å². The van der Waals surface area contributed by atoms with Crippen molar-refractivity contribution in [1.29, 1.82) is 0 Å². The van der Waals surface area contributed by atoms with Gasteiger partial charge in [-0.15, -0.1) is 0 Å². The molecule has 4 aromatic rings. The Morgan fingerprint density at radius 1 is 1.14 bits per heavy atom. The Bertz CT molecular complexity index is 1380. The molecule has 0 aliphatic heterocycles. The Kier molecular flexibility index (Phi) is 7.12. The first-order valence-corrected chi connectivity index (χ1v) is 11.0. The first kappa shape index (κ1) is 24.0. The van der Waals surface area contributed by atoms with Gasteiger partial charge in [0, 0.05) is 35.2 Å². The number of carbonyl (C=O) groups excluding carboxylic acids is 1. The van der Waals surface area contributed by atoms with Gasteiger partial charge in [-0.2, -0.15) is 0 Å². The number of fused-ring (bicyclic) bond motifs is 1. The molecule has 4 N–H and O–H groups in total. The molecule has 0 aliphatic carbocycles. The quantitative estimate of drug-likeness (QED) is 0.305. The molecule has 0 aliphatic rings. The van der Waals surface area contributed by atoms with E-state index in [-0.39, 0.29) is 18.9 Å². The van der Waals surface area contributed by atoms with Crippen LogP contribution in [0.25, 0.3) is 22.1 Å². The number of carboxylic acid groups (broad SMARTS) is 1. The summed E-state index contributed by atoms with van der Waals surface area (Å²) in [5, 5.41) is 12.8. The molecule has 1 heterocycles. The highest BCUT2D eigenvalue weighted by Crippen LogP contribution is 2.33. The first-order chi connectivity index (χ1) is 16.8. The minimum Gasteiger partial charge on any atom is -0.489 e. The predicted octanol–water partition coefficient (Wildman–Crippen LogP) is 5.23. The Balaban J connectivity index is 1.67. The van der Waals surface area contributed by atoms with Crippen LogP contribution in [0.3, 0.4) is 0 Å². The zero-order chi connectivity index (χ0) is 24.9. The highest BCUT2D eigenvalue weighted by molar-refractivity contribution is 5.93. The fraction of sp³-hybridized carbons (Fsp3) is 0.185. The number of ether oxygens (including phenoxy) is 1. The molecule has 1 atom stereocenters. The molecular formula is C27H25FN2O5. The molecule has 3 aromatic carbocycles. The van der Waals surface area contributed by atoms with Gasteiger partial charge in [-0.1, -0.05) is 24.3 Å². The van der Waals surface area contributed by atoms with Gasteiger partial charge in [0.15, 0.2) is 0 Å². The second-order valence-electron chi connectivity index (χ2n) is 8.23. The number of halogens is 1. The molecule has 1 aromatic heterocycles. The fourth-order valence-electron chi connectivity index (χ4n) is 3.91. The summed E-state index contributed by atoms with van der Waals surface area (Å²) >= 11 is 0. The van der Waals surface area contributed by atoms with Crippen LogP contribution >= 0.6 is 0 Å². The first-order valence-electron chi connectivity index (χ1n) is 11.0. The lowest BCUT2D eigenvalue weighted by Gasteiger charge is -2.14. The number of rotatable bonds is 9. The standard InChI is InChI=1S/C27H25FN2O5/c1-16(31)30-22-6-5-20(12-26(32)33)25(13-22)35-15-17-9-21-7-8-34-27(21)23(10-17)18-3-2-4-19(11-18)24(29)14-28/h2-11,13,24H,12,14-15,29H2,1H3,(H,30,31)(H,32,33). The van der Waals surface area contributed by atoms with Gasteiger partial charge >= 0.3 is 5.97 Å². The molecule has 7 nitrogen and oxygen atoms in total. The van der Waals surface area contributed by atoms with E-state index in [1.54, 1.807) is 30.5 Å². The number of aliphatic carboxylic acids is 1. The van der Waals surface area contributed by atoms with Crippen LogP contribution in [0.4, 0.5) is 10.1 Å². The number of carboxylic acids is 1. The van der Waals surface area contributed by atoms with Crippen molar-refractivity contribution >= 4 is 28.5 Å². The van der Waals surface area contributed by atoms with Gasteiger partial charge in [0.1, 0.15) is 24.6 Å². The second-order valence-corrected chi connectivity index (χ2v) is 8.23. The zero-order valence-electron chi connectivity index (χ0n) is 19.1. The maximum absolute atomic E-state index is 13.1. The summed E-state index contributed by atoms with van der Waals surface area (Å²) in [5.41, 5.74) is 10.7. The number of alkyl halides is 1. The van der Waals surface area contributed by atoms with Gasteiger partial charge in [-0.25, -0.2) is 4.39 Å². The van der Waals surface area contributed by atoms with Crippen LogP contribution in [-0.2, 0) is 22.6 Å². The molecule has 1 amide bonds. The van der Waals surface area contributed by atoms with E-state index in [1.807, 2.05) is 36.4 Å². The third-order valence-corrected chi connectivity index (χ3v) is 5.53. The lowest BCUT2D eigenvalue weighted by Crippen LogP contribution is -2.11. The highest BCUT2D eigenvalue weighted by atomic mass is 19.1. The molecule has 0 radical (unpaired) electrons. The molecule has 180 valence electrons. The average molecular weight is 477 g/mol. The van der Waals surface area contributed by atoms with Crippen molar-refractivity contribution in [1.82, 2.24) is 0 Å². The number of anilines is 1. The minimum atomic E-state index is -0.990. The Labute approximate surface area is 201 Å². The van der Waals surface area contributed by atoms with Crippen molar-refractivity contribution in [2.24, 2.45) is 5.73 Å². The number of hydrogen-bond acceptors (Lipinski definition) is 5. The van der Waals surface area contributed by atoms with Gasteiger partial charge in [0.25, 0.3) is 0 Å². The summed E-state index contributed by atoms with van der Waals surface area (Å²) < 4.78 is 24.9. The lowest BCUT2D eigenvalue weighted by atomic mass is 9.97. The number of furan rings is 1. The molecule has 0 saturated carbocycles. The largest absolute Gasteiger partial charge is 0.489 e. The van der Waals surface area contributed by atoms with Crippen LogP contribution in [0.2, 0.25) is 0 Å². The number of hydrogen-bond donors (Lipinski definition) is 3. The third kappa shape index (κ3) is 5.67. The smallest absolute Gasteiger partial charge is 0.307 e. The highest BCUT2D eigenvalue weighted by Gasteiger charge is 2.14. The lowest BCUT2D eigenvalue weighted by molar-refractivity contribution is -0.136. The van der Waals surface area contributed by atoms with E-state index in [0.29, 0.717) is 28.1 Å². The summed E-state index contributed by atoms with van der Waals surface area (Å²) in [5.74, 6) is -0.870. The molecule has 8 heteroatoms. The SMILES string of the molecule is CC(=O)Nc1ccc(CC(=O)O)c(OCc2cc(-c3cccc(C(N)CF)c3)c3occc3c2)c1. The number of carbonyl (C=O) groups is 2.